The lowest BCUT2D eigenvalue weighted by Gasteiger charge is -2.23. The summed E-state index contributed by atoms with van der Waals surface area (Å²) in [5.41, 5.74) is 0.674. The van der Waals surface area contributed by atoms with E-state index in [2.05, 4.69) is 5.32 Å². The summed E-state index contributed by atoms with van der Waals surface area (Å²) in [6.07, 6.45) is 0.482. The van der Waals surface area contributed by atoms with Crippen LogP contribution < -0.4 is 5.32 Å². The lowest BCUT2D eigenvalue weighted by molar-refractivity contribution is -0.143. The third-order valence-electron chi connectivity index (χ3n) is 2.77. The Hall–Kier alpha value is -1.13. The van der Waals surface area contributed by atoms with Gasteiger partial charge in [0, 0.05) is 6.04 Å². The minimum atomic E-state index is -0.882. The van der Waals surface area contributed by atoms with Crippen molar-refractivity contribution in [3.8, 4) is 0 Å². The standard InChI is InChI=1S/C12H15ClFNO2/c1-3-8(12(16)17)11(15-2)7-4-5-10(14)9(13)6-7/h4-6,8,11,15H,3H2,1-2H3,(H,16,17). The van der Waals surface area contributed by atoms with Gasteiger partial charge >= 0.3 is 5.97 Å². The molecule has 1 aromatic rings. The Morgan fingerprint density at radius 2 is 2.24 bits per heavy atom. The molecule has 0 heterocycles. The fourth-order valence-corrected chi connectivity index (χ4v) is 2.05. The van der Waals surface area contributed by atoms with Gasteiger partial charge in [-0.3, -0.25) is 4.79 Å². The van der Waals surface area contributed by atoms with Crippen molar-refractivity contribution >= 4 is 17.6 Å². The van der Waals surface area contributed by atoms with E-state index in [1.807, 2.05) is 0 Å². The summed E-state index contributed by atoms with van der Waals surface area (Å²) < 4.78 is 13.0. The van der Waals surface area contributed by atoms with Crippen LogP contribution in [0, 0.1) is 11.7 Å². The van der Waals surface area contributed by atoms with Crippen LogP contribution in [0.4, 0.5) is 4.39 Å². The molecule has 0 amide bonds. The molecule has 0 bridgehead atoms. The smallest absolute Gasteiger partial charge is 0.308 e. The number of benzene rings is 1. The summed E-state index contributed by atoms with van der Waals surface area (Å²) in [6, 6.07) is 3.88. The Bertz CT molecular complexity index is 411. The Kier molecular flexibility index (Phi) is 4.90. The van der Waals surface area contributed by atoms with Gasteiger partial charge in [-0.1, -0.05) is 24.6 Å². The zero-order valence-electron chi connectivity index (χ0n) is 9.71. The quantitative estimate of drug-likeness (QED) is 0.855. The molecule has 0 aromatic heterocycles. The van der Waals surface area contributed by atoms with Crippen molar-refractivity contribution in [1.82, 2.24) is 5.32 Å². The van der Waals surface area contributed by atoms with E-state index >= 15 is 0 Å². The van der Waals surface area contributed by atoms with Crippen molar-refractivity contribution in [2.24, 2.45) is 5.92 Å². The van der Waals surface area contributed by atoms with E-state index in [0.29, 0.717) is 12.0 Å². The SMILES string of the molecule is CCC(C(=O)O)C(NC)c1ccc(F)c(Cl)c1. The highest BCUT2D eigenvalue weighted by Gasteiger charge is 2.26. The predicted octanol–water partition coefficient (Wildman–Crippen LogP) is 2.85. The highest BCUT2D eigenvalue weighted by atomic mass is 35.5. The van der Waals surface area contributed by atoms with Crippen molar-refractivity contribution in [1.29, 1.82) is 0 Å². The first-order chi connectivity index (χ1) is 8.01. The molecule has 5 heteroatoms. The third-order valence-corrected chi connectivity index (χ3v) is 3.06. The maximum atomic E-state index is 13.0. The van der Waals surface area contributed by atoms with Crippen LogP contribution in [-0.4, -0.2) is 18.1 Å². The lowest BCUT2D eigenvalue weighted by atomic mass is 9.91. The van der Waals surface area contributed by atoms with E-state index in [-0.39, 0.29) is 11.1 Å². The van der Waals surface area contributed by atoms with Crippen molar-refractivity contribution in [3.05, 3.63) is 34.6 Å². The molecule has 2 atom stereocenters. The molecule has 2 N–H and O–H groups in total. The molecule has 0 spiro atoms. The first-order valence-corrected chi connectivity index (χ1v) is 5.74. The maximum absolute atomic E-state index is 13.0. The first kappa shape index (κ1) is 13.9. The summed E-state index contributed by atoms with van der Waals surface area (Å²) in [5, 5.41) is 12.1. The van der Waals surface area contributed by atoms with Crippen LogP contribution >= 0.6 is 11.6 Å². The van der Waals surface area contributed by atoms with E-state index in [0.717, 1.165) is 0 Å². The number of aliphatic carboxylic acids is 1. The highest BCUT2D eigenvalue weighted by molar-refractivity contribution is 6.30. The summed E-state index contributed by atoms with van der Waals surface area (Å²) in [7, 11) is 1.67. The van der Waals surface area contributed by atoms with Gasteiger partial charge in [-0.15, -0.1) is 0 Å². The summed E-state index contributed by atoms with van der Waals surface area (Å²) in [6.45, 7) is 1.80. The monoisotopic (exact) mass is 259 g/mol. The van der Waals surface area contributed by atoms with Crippen LogP contribution in [0.25, 0.3) is 0 Å². The summed E-state index contributed by atoms with van der Waals surface area (Å²) >= 11 is 5.69. The van der Waals surface area contributed by atoms with Crippen LogP contribution in [0.3, 0.4) is 0 Å². The second-order valence-corrected chi connectivity index (χ2v) is 4.20. The second kappa shape index (κ2) is 5.98. The molecule has 1 rings (SSSR count). The van der Waals surface area contributed by atoms with Gasteiger partial charge in [0.2, 0.25) is 0 Å². The summed E-state index contributed by atoms with van der Waals surface area (Å²) in [5.74, 6) is -1.96. The average molecular weight is 260 g/mol. The zero-order valence-corrected chi connectivity index (χ0v) is 10.5. The number of carboxylic acid groups (broad SMARTS) is 1. The number of rotatable bonds is 5. The lowest BCUT2D eigenvalue weighted by Crippen LogP contribution is -2.30. The fourth-order valence-electron chi connectivity index (χ4n) is 1.86. The molecule has 0 aliphatic carbocycles. The average Bonchev–Trinajstić information content (AvgIpc) is 2.29. The van der Waals surface area contributed by atoms with Crippen LogP contribution in [-0.2, 0) is 4.79 Å². The normalized spacial score (nSPS) is 14.4. The van der Waals surface area contributed by atoms with E-state index in [4.69, 9.17) is 16.7 Å². The highest BCUT2D eigenvalue weighted by Crippen LogP contribution is 2.27. The van der Waals surface area contributed by atoms with Gasteiger partial charge < -0.3 is 10.4 Å². The molecule has 0 fully saturated rings. The first-order valence-electron chi connectivity index (χ1n) is 5.36. The van der Waals surface area contributed by atoms with Crippen molar-refractivity contribution in [3.63, 3.8) is 0 Å². The second-order valence-electron chi connectivity index (χ2n) is 3.79. The Morgan fingerprint density at radius 3 is 2.65 bits per heavy atom. The van der Waals surface area contributed by atoms with Gasteiger partial charge in [0.15, 0.2) is 0 Å². The molecular formula is C12H15ClFNO2. The number of halogens is 2. The van der Waals surface area contributed by atoms with E-state index in [9.17, 15) is 9.18 Å². The van der Waals surface area contributed by atoms with Gasteiger partial charge in [-0.05, 0) is 31.2 Å². The minimum Gasteiger partial charge on any atom is -0.481 e. The molecule has 94 valence electrons. The van der Waals surface area contributed by atoms with Gasteiger partial charge in [0.25, 0.3) is 0 Å². The third kappa shape index (κ3) is 3.17. The van der Waals surface area contributed by atoms with Crippen LogP contribution in [0.2, 0.25) is 5.02 Å². The number of carbonyl (C=O) groups is 1. The molecule has 0 aliphatic heterocycles. The Labute approximate surface area is 105 Å². The minimum absolute atomic E-state index is 0.00277. The topological polar surface area (TPSA) is 49.3 Å². The predicted molar refractivity (Wildman–Crippen MR) is 64.6 cm³/mol. The van der Waals surface area contributed by atoms with Crippen molar-refractivity contribution in [2.75, 3.05) is 7.05 Å². The molecule has 0 radical (unpaired) electrons. The molecule has 2 unspecified atom stereocenters. The number of carboxylic acids is 1. The molecular weight excluding hydrogens is 245 g/mol. The van der Waals surface area contributed by atoms with Crippen molar-refractivity contribution in [2.45, 2.75) is 19.4 Å². The van der Waals surface area contributed by atoms with Gasteiger partial charge in [0.1, 0.15) is 5.82 Å². The van der Waals surface area contributed by atoms with Gasteiger partial charge in [-0.25, -0.2) is 4.39 Å². The van der Waals surface area contributed by atoms with Crippen molar-refractivity contribution < 1.29 is 14.3 Å². The van der Waals surface area contributed by atoms with Crippen LogP contribution in [0.1, 0.15) is 24.9 Å². The van der Waals surface area contributed by atoms with E-state index in [1.54, 1.807) is 20.0 Å². The van der Waals surface area contributed by atoms with Crippen LogP contribution in [0.15, 0.2) is 18.2 Å². The zero-order chi connectivity index (χ0) is 13.0. The van der Waals surface area contributed by atoms with Gasteiger partial charge in [-0.2, -0.15) is 0 Å². The molecule has 3 nitrogen and oxygen atoms in total. The van der Waals surface area contributed by atoms with Crippen LogP contribution in [0.5, 0.6) is 0 Å². The largest absolute Gasteiger partial charge is 0.481 e. The molecule has 1 aromatic carbocycles. The fraction of sp³-hybridized carbons (Fsp3) is 0.417. The number of hydrogen-bond donors (Lipinski definition) is 2. The maximum Gasteiger partial charge on any atom is 0.308 e. The number of nitrogens with one attached hydrogen (secondary N) is 1. The van der Waals surface area contributed by atoms with E-state index in [1.165, 1.54) is 12.1 Å². The number of hydrogen-bond acceptors (Lipinski definition) is 2. The Balaban J connectivity index is 3.08. The molecule has 17 heavy (non-hydrogen) atoms. The van der Waals surface area contributed by atoms with Gasteiger partial charge in [0.05, 0.1) is 10.9 Å². The Morgan fingerprint density at radius 1 is 1.59 bits per heavy atom. The molecule has 0 saturated heterocycles. The molecule has 0 saturated carbocycles. The molecule has 0 aliphatic rings. The van der Waals surface area contributed by atoms with E-state index < -0.39 is 17.7 Å². The summed E-state index contributed by atoms with van der Waals surface area (Å²) in [4.78, 5) is 11.1.